The van der Waals surface area contributed by atoms with Gasteiger partial charge in [-0.1, -0.05) is 20.8 Å². The van der Waals surface area contributed by atoms with Gasteiger partial charge in [-0.25, -0.2) is 0 Å². The monoisotopic (exact) mass is 266 g/mol. The summed E-state index contributed by atoms with van der Waals surface area (Å²) in [6.07, 6.45) is 5.84. The first kappa shape index (κ1) is 16.5. The minimum atomic E-state index is -0.414. The molecule has 0 aliphatic heterocycles. The summed E-state index contributed by atoms with van der Waals surface area (Å²) in [7, 11) is 1.84. The van der Waals surface area contributed by atoms with E-state index in [2.05, 4.69) is 32.2 Å². The summed E-state index contributed by atoms with van der Waals surface area (Å²) in [5.41, 5.74) is -0.00301. The topological polar surface area (TPSA) is 45.0 Å². The molecule has 1 N–H and O–H groups in total. The second kappa shape index (κ2) is 6.72. The Balaban J connectivity index is 2.28. The zero-order valence-corrected chi connectivity index (χ0v) is 13.3. The predicted octanol–water partition coefficient (Wildman–Crippen LogP) is 3.50. The molecule has 3 unspecified atom stereocenters. The van der Waals surface area contributed by atoms with E-state index in [1.807, 2.05) is 14.0 Å². The predicted molar refractivity (Wildman–Crippen MR) is 78.8 cm³/mol. The molecule has 1 aliphatic carbocycles. The van der Waals surface area contributed by atoms with Crippen LogP contribution in [0.25, 0.3) is 0 Å². The third-order valence-corrected chi connectivity index (χ3v) is 4.32. The van der Waals surface area contributed by atoms with E-state index in [1.165, 1.54) is 19.3 Å². The van der Waals surface area contributed by atoms with E-state index < -0.39 is 5.54 Å². The van der Waals surface area contributed by atoms with Crippen LogP contribution >= 0.6 is 0 Å². The molecule has 0 aromatic rings. The van der Waals surface area contributed by atoms with E-state index in [-0.39, 0.29) is 0 Å². The van der Waals surface area contributed by atoms with Crippen LogP contribution in [0, 0.1) is 22.7 Å². The molecule has 0 heterocycles. The molecule has 1 rings (SSSR count). The van der Waals surface area contributed by atoms with Crippen LogP contribution in [-0.4, -0.2) is 25.3 Å². The van der Waals surface area contributed by atoms with Crippen LogP contribution in [0.5, 0.6) is 0 Å². The molecule has 3 nitrogen and oxygen atoms in total. The van der Waals surface area contributed by atoms with Crippen molar-refractivity contribution in [1.29, 1.82) is 5.26 Å². The van der Waals surface area contributed by atoms with Gasteiger partial charge in [0.25, 0.3) is 0 Å². The van der Waals surface area contributed by atoms with E-state index >= 15 is 0 Å². The van der Waals surface area contributed by atoms with Crippen molar-refractivity contribution in [1.82, 2.24) is 5.32 Å². The maximum absolute atomic E-state index is 9.08. The fourth-order valence-electron chi connectivity index (χ4n) is 3.30. The lowest BCUT2D eigenvalue weighted by molar-refractivity contribution is -0.0248. The molecule has 1 aliphatic rings. The van der Waals surface area contributed by atoms with E-state index in [0.717, 1.165) is 25.4 Å². The molecule has 0 radical (unpaired) electrons. The van der Waals surface area contributed by atoms with Gasteiger partial charge in [0, 0.05) is 6.61 Å². The molecule has 0 amide bonds. The fraction of sp³-hybridized carbons (Fsp3) is 0.938. The Morgan fingerprint density at radius 2 is 2.11 bits per heavy atom. The van der Waals surface area contributed by atoms with E-state index in [1.54, 1.807) is 0 Å². The first-order valence-electron chi connectivity index (χ1n) is 7.52. The fourth-order valence-corrected chi connectivity index (χ4v) is 3.30. The van der Waals surface area contributed by atoms with Crippen LogP contribution in [0.4, 0.5) is 0 Å². The Bertz CT molecular complexity index is 321. The van der Waals surface area contributed by atoms with Gasteiger partial charge in [-0.15, -0.1) is 0 Å². The van der Waals surface area contributed by atoms with Gasteiger partial charge in [-0.05, 0) is 57.4 Å². The van der Waals surface area contributed by atoms with Crippen molar-refractivity contribution in [2.75, 3.05) is 13.7 Å². The van der Waals surface area contributed by atoms with Crippen LogP contribution in [0.1, 0.15) is 59.8 Å². The Labute approximate surface area is 118 Å². The maximum atomic E-state index is 9.08. The molecule has 19 heavy (non-hydrogen) atoms. The SMILES string of the molecule is CNC(C)(C#N)CCCOC1CC(C)CC(C)(C)C1. The van der Waals surface area contributed by atoms with E-state index in [0.29, 0.717) is 11.5 Å². The molecule has 0 saturated heterocycles. The molecule has 1 fully saturated rings. The quantitative estimate of drug-likeness (QED) is 0.748. The number of hydrogen-bond donors (Lipinski definition) is 1. The second-order valence-electron chi connectivity index (χ2n) is 7.20. The third-order valence-electron chi connectivity index (χ3n) is 4.32. The largest absolute Gasteiger partial charge is 0.378 e. The Hall–Kier alpha value is -0.590. The maximum Gasteiger partial charge on any atom is 0.103 e. The van der Waals surface area contributed by atoms with Crippen molar-refractivity contribution in [3.05, 3.63) is 0 Å². The van der Waals surface area contributed by atoms with Crippen molar-refractivity contribution in [2.24, 2.45) is 11.3 Å². The lowest BCUT2D eigenvalue weighted by atomic mass is 9.71. The lowest BCUT2D eigenvalue weighted by Crippen LogP contribution is -2.38. The summed E-state index contributed by atoms with van der Waals surface area (Å²) in [5, 5.41) is 12.2. The highest BCUT2D eigenvalue weighted by Gasteiger charge is 2.32. The summed E-state index contributed by atoms with van der Waals surface area (Å²) in [4.78, 5) is 0. The smallest absolute Gasteiger partial charge is 0.103 e. The summed E-state index contributed by atoms with van der Waals surface area (Å²) in [6.45, 7) is 9.72. The van der Waals surface area contributed by atoms with Crippen LogP contribution in [0.2, 0.25) is 0 Å². The summed E-state index contributed by atoms with van der Waals surface area (Å²) in [6, 6.07) is 2.32. The van der Waals surface area contributed by atoms with Crippen molar-refractivity contribution < 1.29 is 4.74 Å². The number of ether oxygens (including phenoxy) is 1. The molecule has 1 saturated carbocycles. The highest BCUT2D eigenvalue weighted by atomic mass is 16.5. The lowest BCUT2D eigenvalue weighted by Gasteiger charge is -2.38. The first-order valence-corrected chi connectivity index (χ1v) is 7.52. The average molecular weight is 266 g/mol. The van der Waals surface area contributed by atoms with Gasteiger partial charge in [-0.2, -0.15) is 5.26 Å². The molecule has 0 spiro atoms. The standard InChI is InChI=1S/C16H30N2O/c1-13-9-14(11-15(2,3)10-13)19-8-6-7-16(4,12-17)18-5/h13-14,18H,6-11H2,1-5H3. The average Bonchev–Trinajstić information content (AvgIpc) is 2.32. The summed E-state index contributed by atoms with van der Waals surface area (Å²) >= 11 is 0. The highest BCUT2D eigenvalue weighted by molar-refractivity contribution is 5.02. The van der Waals surface area contributed by atoms with Gasteiger partial charge in [0.05, 0.1) is 12.2 Å². The van der Waals surface area contributed by atoms with Crippen LogP contribution in [0.3, 0.4) is 0 Å². The van der Waals surface area contributed by atoms with Crippen LogP contribution in [0.15, 0.2) is 0 Å². The van der Waals surface area contributed by atoms with Gasteiger partial charge in [0.2, 0.25) is 0 Å². The number of hydrogen-bond acceptors (Lipinski definition) is 3. The molecule has 0 aromatic heterocycles. The van der Waals surface area contributed by atoms with E-state index in [9.17, 15) is 0 Å². The molecular weight excluding hydrogens is 236 g/mol. The second-order valence-corrected chi connectivity index (χ2v) is 7.20. The highest BCUT2D eigenvalue weighted by Crippen LogP contribution is 2.39. The minimum absolute atomic E-state index is 0.404. The van der Waals surface area contributed by atoms with Gasteiger partial charge >= 0.3 is 0 Å². The zero-order valence-electron chi connectivity index (χ0n) is 13.3. The van der Waals surface area contributed by atoms with Crippen LogP contribution < -0.4 is 5.32 Å². The minimum Gasteiger partial charge on any atom is -0.378 e. The molecular formula is C16H30N2O. The van der Waals surface area contributed by atoms with Crippen molar-refractivity contribution in [3.8, 4) is 6.07 Å². The van der Waals surface area contributed by atoms with Gasteiger partial charge in [0.15, 0.2) is 0 Å². The normalized spacial score (nSPS) is 29.5. The molecule has 110 valence electrons. The van der Waals surface area contributed by atoms with Crippen molar-refractivity contribution >= 4 is 0 Å². The molecule has 0 aromatic carbocycles. The third kappa shape index (κ3) is 5.50. The summed E-state index contributed by atoms with van der Waals surface area (Å²) in [5.74, 6) is 0.760. The summed E-state index contributed by atoms with van der Waals surface area (Å²) < 4.78 is 6.04. The Morgan fingerprint density at radius 3 is 2.63 bits per heavy atom. The number of nitriles is 1. The first-order chi connectivity index (χ1) is 8.80. The van der Waals surface area contributed by atoms with Crippen molar-refractivity contribution in [2.45, 2.75) is 71.4 Å². The molecule has 3 heteroatoms. The Kier molecular flexibility index (Phi) is 5.82. The number of rotatable bonds is 6. The van der Waals surface area contributed by atoms with Gasteiger partial charge in [0.1, 0.15) is 5.54 Å². The van der Waals surface area contributed by atoms with Crippen molar-refractivity contribution in [3.63, 3.8) is 0 Å². The van der Waals surface area contributed by atoms with Crippen LogP contribution in [-0.2, 0) is 4.74 Å². The Morgan fingerprint density at radius 1 is 1.42 bits per heavy atom. The number of nitrogens with zero attached hydrogens (tertiary/aromatic N) is 1. The van der Waals surface area contributed by atoms with E-state index in [4.69, 9.17) is 10.00 Å². The molecule has 3 atom stereocenters. The van der Waals surface area contributed by atoms with Gasteiger partial charge < -0.3 is 10.1 Å². The van der Waals surface area contributed by atoms with Gasteiger partial charge in [-0.3, -0.25) is 0 Å². The zero-order chi connectivity index (χ0) is 14.5. The molecule has 0 bridgehead atoms. The number of nitrogens with one attached hydrogen (secondary N) is 1.